The number of fused-ring (bicyclic) bond motifs is 2. The van der Waals surface area contributed by atoms with Crippen LogP contribution in [0.5, 0.6) is 0 Å². The van der Waals surface area contributed by atoms with Gasteiger partial charge in [-0.2, -0.15) is 26.3 Å². The molecular weight excluding hydrogens is 520 g/mol. The van der Waals surface area contributed by atoms with Gasteiger partial charge in [0.15, 0.2) is 11.6 Å². The van der Waals surface area contributed by atoms with Crippen molar-refractivity contribution in [2.24, 2.45) is 0 Å². The van der Waals surface area contributed by atoms with Gasteiger partial charge in [0.1, 0.15) is 0 Å². The smallest absolute Gasteiger partial charge is 0.360 e. The Bertz CT molecular complexity index is 1210. The van der Waals surface area contributed by atoms with Gasteiger partial charge in [-0.1, -0.05) is 18.2 Å². The molecule has 0 saturated heterocycles. The third-order valence-corrected chi connectivity index (χ3v) is 5.04. The molecule has 2 atom stereocenters. The number of aliphatic hydroxyl groups is 2. The predicted molar refractivity (Wildman–Crippen MR) is 106 cm³/mol. The van der Waals surface area contributed by atoms with Gasteiger partial charge in [0.05, 0.1) is 17.1 Å². The molecule has 0 saturated carbocycles. The van der Waals surface area contributed by atoms with Gasteiger partial charge in [-0.15, -0.1) is 0 Å². The maximum atomic E-state index is 13.4. The molecule has 2 amide bonds. The first-order valence-corrected chi connectivity index (χ1v) is 9.48. The molecule has 35 heavy (non-hydrogen) atoms. The third kappa shape index (κ3) is 4.53. The van der Waals surface area contributed by atoms with Crippen molar-refractivity contribution >= 4 is 29.0 Å². The van der Waals surface area contributed by atoms with Crippen LogP contribution < -0.4 is 21.3 Å². The fourth-order valence-corrected chi connectivity index (χ4v) is 3.40. The second-order valence-electron chi connectivity index (χ2n) is 7.20. The van der Waals surface area contributed by atoms with E-state index in [0.717, 1.165) is 17.4 Å². The first kappa shape index (κ1) is 26.3. The van der Waals surface area contributed by atoms with Crippen LogP contribution in [0, 0.1) is 11.6 Å². The van der Waals surface area contributed by atoms with Crippen molar-refractivity contribution < 1.29 is 50.1 Å². The molecule has 0 bridgehead atoms. The fourth-order valence-electron chi connectivity index (χ4n) is 3.23. The summed E-state index contributed by atoms with van der Waals surface area (Å²) in [4.78, 5) is 11.0. The van der Waals surface area contributed by atoms with Crippen molar-refractivity contribution in [2.75, 3.05) is 10.6 Å². The van der Waals surface area contributed by atoms with Gasteiger partial charge in [-0.3, -0.25) is 5.32 Å². The number of amides is 2. The van der Waals surface area contributed by atoms with Gasteiger partial charge >= 0.3 is 18.4 Å². The fraction of sp³-hybridized carbons (Fsp3) is 0.211. The number of nitrogens with one attached hydrogen (secondary N) is 4. The van der Waals surface area contributed by atoms with Crippen molar-refractivity contribution in [3.05, 3.63) is 70.5 Å². The molecule has 0 spiro atoms. The minimum atomic E-state index is -5.41. The Morgan fingerprint density at radius 2 is 1.43 bits per heavy atom. The highest BCUT2D eigenvalue weighted by atomic mass is 35.5. The summed E-state index contributed by atoms with van der Waals surface area (Å²) in [6, 6.07) is 3.70. The quantitative estimate of drug-likeness (QED) is 0.283. The number of anilines is 2. The molecule has 0 radical (unpaired) electrons. The van der Waals surface area contributed by atoms with Crippen LogP contribution in [0.3, 0.4) is 0 Å². The molecule has 6 N–H and O–H groups in total. The van der Waals surface area contributed by atoms with Gasteiger partial charge in [-0.25, -0.2) is 13.6 Å². The van der Waals surface area contributed by atoms with E-state index in [4.69, 9.17) is 11.6 Å². The second-order valence-corrected chi connectivity index (χ2v) is 7.63. The number of carbonyl (C=O) groups excluding carboxylic acids is 1. The highest BCUT2D eigenvalue weighted by molar-refractivity contribution is 6.30. The molecule has 190 valence electrons. The van der Waals surface area contributed by atoms with E-state index >= 15 is 0 Å². The van der Waals surface area contributed by atoms with Crippen LogP contribution in [0.1, 0.15) is 11.1 Å². The first-order valence-electron chi connectivity index (χ1n) is 9.10. The largest absolute Gasteiger partial charge is 0.441 e. The molecule has 2 aliphatic heterocycles. The van der Waals surface area contributed by atoms with E-state index in [-0.39, 0.29) is 22.1 Å². The maximum Gasteiger partial charge on any atom is 0.441 e. The van der Waals surface area contributed by atoms with Gasteiger partial charge in [0.2, 0.25) is 0 Å². The minimum absolute atomic E-state index is 0.0996. The zero-order valence-electron chi connectivity index (χ0n) is 16.8. The lowest BCUT2D eigenvalue weighted by Gasteiger charge is -2.38. The van der Waals surface area contributed by atoms with E-state index in [1.54, 1.807) is 0 Å². The molecule has 2 aromatic rings. The summed E-state index contributed by atoms with van der Waals surface area (Å²) in [7, 11) is 0. The van der Waals surface area contributed by atoms with Gasteiger partial charge in [0.25, 0.3) is 11.4 Å². The maximum absolute atomic E-state index is 13.4. The number of urea groups is 1. The summed E-state index contributed by atoms with van der Waals surface area (Å²) < 4.78 is 103. The lowest BCUT2D eigenvalue weighted by molar-refractivity contribution is -0.277. The number of halogens is 9. The van der Waals surface area contributed by atoms with Crippen molar-refractivity contribution in [3.8, 4) is 0 Å². The summed E-state index contributed by atoms with van der Waals surface area (Å²) in [5.74, 6) is -3.60. The summed E-state index contributed by atoms with van der Waals surface area (Å²) >= 11 is 5.63. The molecule has 0 aliphatic carbocycles. The van der Waals surface area contributed by atoms with Crippen LogP contribution >= 0.6 is 11.6 Å². The Kier molecular flexibility index (Phi) is 6.33. The van der Waals surface area contributed by atoms with Crippen molar-refractivity contribution in [1.82, 2.24) is 10.6 Å². The second kappa shape index (κ2) is 8.42. The molecule has 0 aromatic heterocycles. The summed E-state index contributed by atoms with van der Waals surface area (Å²) in [5, 5.41) is 26.7. The average molecular weight is 533 g/mol. The monoisotopic (exact) mass is 532 g/mol. The number of alkyl halides is 6. The van der Waals surface area contributed by atoms with E-state index < -0.39 is 52.7 Å². The van der Waals surface area contributed by atoms with Gasteiger partial charge < -0.3 is 26.2 Å². The Balaban J connectivity index is 0.000000196. The van der Waals surface area contributed by atoms with Crippen molar-refractivity contribution in [1.29, 1.82) is 0 Å². The van der Waals surface area contributed by atoms with Gasteiger partial charge in [0, 0.05) is 16.3 Å². The molecule has 2 heterocycles. The number of benzene rings is 2. The van der Waals surface area contributed by atoms with E-state index in [2.05, 4.69) is 11.9 Å². The molecule has 0 fully saturated rings. The van der Waals surface area contributed by atoms with Crippen LogP contribution in [0.15, 0.2) is 42.7 Å². The SMILES string of the molecule is C=C1Nc2ccc(Cl)cc2C(O)(C(F)(F)F)N1.O=C1Nc2ccc(F)c(F)c2C(O)(C(F)(F)F)N1. The van der Waals surface area contributed by atoms with Crippen molar-refractivity contribution in [3.63, 3.8) is 0 Å². The van der Waals surface area contributed by atoms with E-state index in [9.17, 15) is 50.1 Å². The van der Waals surface area contributed by atoms with Crippen molar-refractivity contribution in [2.45, 2.75) is 23.8 Å². The highest BCUT2D eigenvalue weighted by Crippen LogP contribution is 2.45. The summed E-state index contributed by atoms with van der Waals surface area (Å²) in [6.07, 6.45) is -10.3. The molecule has 4 rings (SSSR count). The Labute approximate surface area is 195 Å². The number of rotatable bonds is 0. The summed E-state index contributed by atoms with van der Waals surface area (Å²) in [6.45, 7) is 3.33. The van der Waals surface area contributed by atoms with E-state index in [0.29, 0.717) is 6.07 Å². The first-order chi connectivity index (χ1) is 15.9. The average Bonchev–Trinajstić information content (AvgIpc) is 2.70. The molecule has 2 aliphatic rings. The molecule has 16 heteroatoms. The van der Waals surface area contributed by atoms with Crippen LogP contribution in [-0.2, 0) is 11.4 Å². The Hall–Kier alpha value is -3.30. The van der Waals surface area contributed by atoms with Crippen LogP contribution in [0.4, 0.5) is 51.3 Å². The minimum Gasteiger partial charge on any atom is -0.360 e. The lowest BCUT2D eigenvalue weighted by Crippen LogP contribution is -2.60. The highest BCUT2D eigenvalue weighted by Gasteiger charge is 2.61. The summed E-state index contributed by atoms with van der Waals surface area (Å²) in [5.41, 5.74) is -9.50. The zero-order valence-corrected chi connectivity index (χ0v) is 17.6. The third-order valence-electron chi connectivity index (χ3n) is 4.81. The van der Waals surface area contributed by atoms with E-state index in [1.807, 2.05) is 10.6 Å². The van der Waals surface area contributed by atoms with E-state index in [1.165, 1.54) is 12.1 Å². The molecule has 2 unspecified atom stereocenters. The molecular formula is C19H13ClF8N4O3. The van der Waals surface area contributed by atoms with Crippen LogP contribution in [0.2, 0.25) is 5.02 Å². The van der Waals surface area contributed by atoms with Gasteiger partial charge in [-0.05, 0) is 30.3 Å². The Morgan fingerprint density at radius 3 is 2.00 bits per heavy atom. The lowest BCUT2D eigenvalue weighted by atomic mass is 9.97. The Morgan fingerprint density at radius 1 is 0.857 bits per heavy atom. The van der Waals surface area contributed by atoms with Crippen LogP contribution in [0.25, 0.3) is 0 Å². The standard InChI is InChI=1S/C10H8ClF3N2O.C9H5F5N2O2/c1-5-15-8-3-2-6(11)4-7(8)9(17,16-5)10(12,13)14;10-3-1-2-4-5(6(3)11)8(18,9(12,13)14)16-7(17)15-4/h2-4,15-17H,1H2;1-2,18H,(H2,15,16,17). The number of hydrogen-bond acceptors (Lipinski definition) is 5. The molecule has 7 nitrogen and oxygen atoms in total. The normalized spacial score (nSPS) is 23.4. The van der Waals surface area contributed by atoms with Crippen LogP contribution in [-0.4, -0.2) is 28.6 Å². The number of hydrogen-bond donors (Lipinski definition) is 6. The number of carbonyl (C=O) groups is 1. The molecule has 2 aromatic carbocycles. The predicted octanol–water partition coefficient (Wildman–Crippen LogP) is 4.34. The zero-order chi connectivity index (χ0) is 26.6. The topological polar surface area (TPSA) is 106 Å².